The Hall–Kier alpha value is -2.96. The summed E-state index contributed by atoms with van der Waals surface area (Å²) in [6.07, 6.45) is 8.77. The van der Waals surface area contributed by atoms with Crippen molar-refractivity contribution in [3.05, 3.63) is 59.9 Å². The number of hydrogen-bond acceptors (Lipinski definition) is 5. The first kappa shape index (κ1) is 19.4. The van der Waals surface area contributed by atoms with Gasteiger partial charge in [0, 0.05) is 30.7 Å². The summed E-state index contributed by atoms with van der Waals surface area (Å²) in [5, 5.41) is 7.76. The summed E-state index contributed by atoms with van der Waals surface area (Å²) in [5.74, 6) is 0.604. The van der Waals surface area contributed by atoms with E-state index >= 15 is 0 Å². The van der Waals surface area contributed by atoms with Crippen molar-refractivity contribution in [1.82, 2.24) is 24.9 Å². The molecule has 29 heavy (non-hydrogen) atoms. The molecule has 0 amide bonds. The van der Waals surface area contributed by atoms with E-state index in [-0.39, 0.29) is 11.9 Å². The van der Waals surface area contributed by atoms with E-state index in [2.05, 4.69) is 26.9 Å². The van der Waals surface area contributed by atoms with Crippen molar-refractivity contribution in [2.75, 3.05) is 18.0 Å². The lowest BCUT2D eigenvalue weighted by molar-refractivity contribution is 0.601. The molecule has 152 valence electrons. The van der Waals surface area contributed by atoms with Gasteiger partial charge in [0.15, 0.2) is 5.65 Å². The normalized spacial score (nSPS) is 18.7. The largest absolute Gasteiger partial charge is 0.385 e. The van der Waals surface area contributed by atoms with Gasteiger partial charge >= 0.3 is 0 Å². The zero-order chi connectivity index (χ0) is 20.4. The predicted octanol–water partition coefficient (Wildman–Crippen LogP) is 4.14. The quantitative estimate of drug-likeness (QED) is 0.621. The molecule has 1 N–H and O–H groups in total. The fraction of sp³-hybridized carbons (Fsp3) is 0.409. The van der Waals surface area contributed by atoms with Gasteiger partial charge in [0.05, 0.1) is 24.0 Å². The minimum atomic E-state index is -0.280. The monoisotopic (exact) mass is 394 g/mol. The summed E-state index contributed by atoms with van der Waals surface area (Å²) in [4.78, 5) is 11.6. The number of aromatic nitrogens is 4. The lowest BCUT2D eigenvalue weighted by atomic mass is 9.99. The molecule has 2 aliphatic heterocycles. The molecular weight excluding hydrogens is 367 g/mol. The van der Waals surface area contributed by atoms with E-state index in [1.54, 1.807) is 16.8 Å². The molecule has 0 saturated carbocycles. The van der Waals surface area contributed by atoms with Gasteiger partial charge < -0.3 is 10.2 Å². The van der Waals surface area contributed by atoms with Crippen LogP contribution in [0.1, 0.15) is 56.0 Å². The van der Waals surface area contributed by atoms with Gasteiger partial charge in [0.2, 0.25) is 0 Å². The summed E-state index contributed by atoms with van der Waals surface area (Å²) >= 11 is 0. The first-order chi connectivity index (χ1) is 14.2. The van der Waals surface area contributed by atoms with Crippen molar-refractivity contribution in [3.8, 4) is 0 Å². The number of fused-ring (bicyclic) bond motifs is 5. The minimum absolute atomic E-state index is 0.0986. The number of anilines is 1. The fourth-order valence-corrected chi connectivity index (χ4v) is 4.17. The van der Waals surface area contributed by atoms with Gasteiger partial charge in [-0.05, 0) is 43.4 Å². The fourth-order valence-electron chi connectivity index (χ4n) is 4.17. The van der Waals surface area contributed by atoms with Crippen molar-refractivity contribution in [3.63, 3.8) is 0 Å². The van der Waals surface area contributed by atoms with Gasteiger partial charge in [-0.15, -0.1) is 0 Å². The van der Waals surface area contributed by atoms with Crippen LogP contribution in [0.5, 0.6) is 0 Å². The number of pyridine rings is 1. The van der Waals surface area contributed by atoms with Crippen molar-refractivity contribution in [1.29, 1.82) is 0 Å². The van der Waals surface area contributed by atoms with E-state index < -0.39 is 0 Å². The third-order valence-electron chi connectivity index (χ3n) is 5.48. The van der Waals surface area contributed by atoms with Gasteiger partial charge in [-0.2, -0.15) is 5.10 Å². The molecule has 0 aromatic carbocycles. The molecule has 5 heterocycles. The van der Waals surface area contributed by atoms with Crippen LogP contribution in [-0.4, -0.2) is 32.7 Å². The molecule has 1 unspecified atom stereocenters. The van der Waals surface area contributed by atoms with Gasteiger partial charge in [-0.3, -0.25) is 4.98 Å². The molecular formula is C22H27FN6. The molecule has 2 aliphatic rings. The topological polar surface area (TPSA) is 58.4 Å². The highest BCUT2D eigenvalue weighted by Gasteiger charge is 2.30. The molecule has 3 aromatic rings. The number of nitrogens with zero attached hydrogens (tertiary/aromatic N) is 5. The molecule has 5 rings (SSSR count). The molecule has 3 aromatic heterocycles. The number of aryl methyl sites for hydroxylation is 1. The van der Waals surface area contributed by atoms with Crippen LogP contribution in [0.3, 0.4) is 0 Å². The maximum absolute atomic E-state index is 14.0. The Balaban J connectivity index is 0.000000994. The summed E-state index contributed by atoms with van der Waals surface area (Å²) in [6, 6.07) is 3.73. The maximum atomic E-state index is 14.0. The standard InChI is InChI=1S/C20H21FN6.C2H6/c1-13-16-12-24-27-9-6-19(25-20(16)27)26-8-3-5-18(26)15-10-14(21)11-23-17(15)4-2-7-22-13;1-2/h6,9-12,18,22H,1-5,7-8H2;1-2H3. The van der Waals surface area contributed by atoms with Crippen LogP contribution in [0.4, 0.5) is 10.2 Å². The molecule has 6 nitrogen and oxygen atoms in total. The number of halogens is 1. The molecule has 1 atom stereocenters. The molecule has 1 saturated heterocycles. The second kappa shape index (κ2) is 8.19. The van der Waals surface area contributed by atoms with Crippen LogP contribution >= 0.6 is 0 Å². The second-order valence-electron chi connectivity index (χ2n) is 7.16. The first-order valence-electron chi connectivity index (χ1n) is 10.4. The lowest BCUT2D eigenvalue weighted by Gasteiger charge is -2.27. The van der Waals surface area contributed by atoms with Crippen molar-refractivity contribution < 1.29 is 4.39 Å². The summed E-state index contributed by atoms with van der Waals surface area (Å²) in [6.45, 7) is 9.82. The van der Waals surface area contributed by atoms with Crippen LogP contribution < -0.4 is 10.2 Å². The average Bonchev–Trinajstić information content (AvgIpc) is 3.39. The minimum Gasteiger partial charge on any atom is -0.385 e. The van der Waals surface area contributed by atoms with Gasteiger partial charge in [0.1, 0.15) is 11.6 Å². The molecule has 0 aliphatic carbocycles. The average molecular weight is 394 g/mol. The molecule has 0 radical (unpaired) electrons. The van der Waals surface area contributed by atoms with E-state index in [0.717, 1.165) is 72.8 Å². The highest BCUT2D eigenvalue weighted by molar-refractivity contribution is 5.74. The summed E-state index contributed by atoms with van der Waals surface area (Å²) in [5.41, 5.74) is 4.48. The van der Waals surface area contributed by atoms with E-state index in [1.165, 1.54) is 6.20 Å². The Kier molecular flexibility index (Phi) is 5.47. The first-order valence-corrected chi connectivity index (χ1v) is 10.4. The van der Waals surface area contributed by atoms with Crippen LogP contribution in [0, 0.1) is 5.82 Å². The van der Waals surface area contributed by atoms with Crippen LogP contribution in [0.15, 0.2) is 37.3 Å². The highest BCUT2D eigenvalue weighted by atomic mass is 19.1. The van der Waals surface area contributed by atoms with Gasteiger partial charge in [0.25, 0.3) is 0 Å². The van der Waals surface area contributed by atoms with Gasteiger partial charge in [-0.1, -0.05) is 20.4 Å². The Labute approximate surface area is 170 Å². The van der Waals surface area contributed by atoms with E-state index in [1.807, 2.05) is 26.1 Å². The Morgan fingerprint density at radius 2 is 2.10 bits per heavy atom. The predicted molar refractivity (Wildman–Crippen MR) is 113 cm³/mol. The Bertz CT molecular complexity index is 1030. The smallest absolute Gasteiger partial charge is 0.166 e. The zero-order valence-corrected chi connectivity index (χ0v) is 17.0. The van der Waals surface area contributed by atoms with E-state index in [4.69, 9.17) is 4.98 Å². The maximum Gasteiger partial charge on any atom is 0.166 e. The molecule has 0 spiro atoms. The summed E-state index contributed by atoms with van der Waals surface area (Å²) < 4.78 is 15.8. The second-order valence-corrected chi connectivity index (χ2v) is 7.16. The van der Waals surface area contributed by atoms with Crippen molar-refractivity contribution in [2.24, 2.45) is 0 Å². The molecule has 1 fully saturated rings. The summed E-state index contributed by atoms with van der Waals surface area (Å²) in [7, 11) is 0. The van der Waals surface area contributed by atoms with E-state index in [0.29, 0.717) is 0 Å². The zero-order valence-electron chi connectivity index (χ0n) is 17.0. The Morgan fingerprint density at radius 1 is 1.24 bits per heavy atom. The van der Waals surface area contributed by atoms with Crippen molar-refractivity contribution >= 4 is 17.2 Å². The molecule has 2 bridgehead atoms. The van der Waals surface area contributed by atoms with Crippen molar-refractivity contribution in [2.45, 2.75) is 45.6 Å². The lowest BCUT2D eigenvalue weighted by Crippen LogP contribution is -2.25. The van der Waals surface area contributed by atoms with E-state index in [9.17, 15) is 4.39 Å². The molecule has 7 heteroatoms. The highest BCUT2D eigenvalue weighted by Crippen LogP contribution is 2.37. The number of hydrogen-bond donors (Lipinski definition) is 1. The van der Waals surface area contributed by atoms with Crippen LogP contribution in [0.2, 0.25) is 0 Å². The Morgan fingerprint density at radius 3 is 2.97 bits per heavy atom. The third kappa shape index (κ3) is 3.57. The number of nitrogens with one attached hydrogen (secondary N) is 1. The van der Waals surface area contributed by atoms with Crippen LogP contribution in [0.25, 0.3) is 11.3 Å². The third-order valence-corrected chi connectivity index (χ3v) is 5.48. The SMILES string of the molecule is C=C1NCCCc2ncc(F)cc2C2CCCN2c2ccn3ncc1c3n2.CC. The van der Waals surface area contributed by atoms with Gasteiger partial charge in [-0.25, -0.2) is 13.9 Å². The number of rotatable bonds is 0. The van der Waals surface area contributed by atoms with Crippen LogP contribution in [-0.2, 0) is 6.42 Å².